The van der Waals surface area contributed by atoms with E-state index < -0.39 is 0 Å². The lowest BCUT2D eigenvalue weighted by Gasteiger charge is -2.35. The van der Waals surface area contributed by atoms with E-state index >= 15 is 0 Å². The second-order valence-electron chi connectivity index (χ2n) is 37.7. The Bertz CT molecular complexity index is 2500. The van der Waals surface area contributed by atoms with Gasteiger partial charge in [-0.2, -0.15) is 0 Å². The molecule has 84 heavy (non-hydrogen) atoms. The van der Waals surface area contributed by atoms with Crippen LogP contribution in [0.4, 0.5) is 0 Å². The molecule has 9 unspecified atom stereocenters. The molecule has 12 rings (SSSR count). The summed E-state index contributed by atoms with van der Waals surface area (Å²) >= 11 is 0. The van der Waals surface area contributed by atoms with E-state index in [0.717, 1.165) is 71.0 Å². The molecule has 0 heterocycles. The van der Waals surface area contributed by atoms with Gasteiger partial charge >= 0.3 is 0 Å². The first kappa shape index (κ1) is 69.1. The Kier molecular flexibility index (Phi) is 19.3. The Balaban J connectivity index is 0.000000145. The van der Waals surface area contributed by atoms with Crippen LogP contribution in [0, 0.1) is 131 Å². The normalized spacial score (nSPS) is 37.2. The maximum Gasteiger partial charge on any atom is -0.00667 e. The Hall–Kier alpha value is -2.34. The van der Waals surface area contributed by atoms with E-state index in [-0.39, 0.29) is 0 Å². The van der Waals surface area contributed by atoms with E-state index in [4.69, 9.17) is 0 Å². The Morgan fingerprint density at radius 3 is 1.15 bits per heavy atom. The summed E-state index contributed by atoms with van der Waals surface area (Å²) in [7, 11) is 0. The molecule has 0 bridgehead atoms. The highest BCUT2D eigenvalue weighted by molar-refractivity contribution is 5.46. The van der Waals surface area contributed by atoms with E-state index in [2.05, 4.69) is 287 Å². The van der Waals surface area contributed by atoms with Gasteiger partial charge in [0.1, 0.15) is 0 Å². The molecule has 474 valence electrons. The molecule has 0 spiro atoms. The minimum atomic E-state index is 0.320. The Labute approximate surface area is 524 Å². The molecule has 9 atom stereocenters. The molecule has 1 aromatic rings. The fourth-order valence-corrected chi connectivity index (χ4v) is 22.2. The third-order valence-corrected chi connectivity index (χ3v) is 31.1. The van der Waals surface area contributed by atoms with Crippen LogP contribution in [0.5, 0.6) is 0 Å². The van der Waals surface area contributed by atoms with Crippen LogP contribution >= 0.6 is 0 Å². The summed E-state index contributed by atoms with van der Waals surface area (Å²) in [4.78, 5) is 0. The van der Waals surface area contributed by atoms with Gasteiger partial charge in [0.05, 0.1) is 0 Å². The second kappa shape index (κ2) is 23.5. The molecule has 0 aromatic heterocycles. The van der Waals surface area contributed by atoms with E-state index in [0.29, 0.717) is 70.9 Å². The van der Waals surface area contributed by atoms with Crippen LogP contribution in [-0.4, -0.2) is 0 Å². The summed E-state index contributed by atoms with van der Waals surface area (Å²) in [6.07, 6.45) is 36.6. The van der Waals surface area contributed by atoms with Gasteiger partial charge in [-0.3, -0.25) is 0 Å². The van der Waals surface area contributed by atoms with Gasteiger partial charge in [-0.15, -0.1) is 0 Å². The van der Waals surface area contributed by atoms with Crippen molar-refractivity contribution >= 4 is 0 Å². The second-order valence-corrected chi connectivity index (χ2v) is 37.7. The van der Waals surface area contributed by atoms with E-state index in [9.17, 15) is 0 Å². The summed E-state index contributed by atoms with van der Waals surface area (Å²) in [5, 5.41) is 0. The molecular weight excluding hydrogens is 1010 g/mol. The number of fused-ring (bicyclic) bond motifs is 5. The predicted octanol–water partition coefficient (Wildman–Crippen LogP) is 25.5. The lowest BCUT2D eigenvalue weighted by molar-refractivity contribution is 0.150. The van der Waals surface area contributed by atoms with Crippen LogP contribution in [0.1, 0.15) is 289 Å². The molecular formula is C84H138. The average molecular weight is 1150 g/mol. The average Bonchev–Trinajstić information content (AvgIpc) is 2.33. The van der Waals surface area contributed by atoms with Gasteiger partial charge in [0.25, 0.3) is 0 Å². The van der Waals surface area contributed by atoms with E-state index in [1.807, 2.05) is 0 Å². The van der Waals surface area contributed by atoms with Crippen LogP contribution in [-0.2, 0) is 10.8 Å². The van der Waals surface area contributed by atoms with Gasteiger partial charge in [0, 0.05) is 0 Å². The summed E-state index contributed by atoms with van der Waals surface area (Å²) in [6, 6.07) is 8.91. The van der Waals surface area contributed by atoms with Crippen molar-refractivity contribution in [3.05, 3.63) is 107 Å². The Morgan fingerprint density at radius 1 is 0.333 bits per heavy atom. The highest BCUT2D eigenvalue weighted by Gasteiger charge is 2.60. The van der Waals surface area contributed by atoms with Crippen LogP contribution in [0.2, 0.25) is 0 Å². The summed E-state index contributed by atoms with van der Waals surface area (Å²) in [5.41, 5.74) is 13.9. The van der Waals surface area contributed by atoms with Crippen LogP contribution in [0.15, 0.2) is 95.7 Å². The molecule has 0 saturated heterocycles. The standard InChI is InChI=1S/4C14H24.C14H22.C14H20/c6*1-10-13(2,3)11-8-6-7-9-12(11)14(10,4)5/h10H,6-9H2,1-5H3;8,10,12H,6-7,9H2,1-5H3;6,8,10-12H,7,9H2,1-5H3;6-7,10-12H,8-9H2,1-5H3;6-12H,1-5H3;6-10H,1-5H3. The summed E-state index contributed by atoms with van der Waals surface area (Å²) in [6.45, 7) is 73.1. The lowest BCUT2D eigenvalue weighted by atomic mass is 9.69. The van der Waals surface area contributed by atoms with Crippen LogP contribution < -0.4 is 0 Å². The molecule has 11 aliphatic carbocycles. The maximum atomic E-state index is 2.54. The topological polar surface area (TPSA) is 0 Å². The molecule has 0 aliphatic heterocycles. The van der Waals surface area contributed by atoms with Crippen molar-refractivity contribution in [2.45, 2.75) is 289 Å². The zero-order valence-corrected chi connectivity index (χ0v) is 61.3. The Morgan fingerprint density at radius 2 is 0.726 bits per heavy atom. The maximum absolute atomic E-state index is 2.54. The molecule has 0 heteroatoms. The highest BCUT2D eigenvalue weighted by atomic mass is 14.6. The van der Waals surface area contributed by atoms with Crippen molar-refractivity contribution in [1.29, 1.82) is 0 Å². The monoisotopic (exact) mass is 1150 g/mol. The van der Waals surface area contributed by atoms with Crippen molar-refractivity contribution in [2.75, 3.05) is 0 Å². The van der Waals surface area contributed by atoms with E-state index in [1.165, 1.54) is 81.8 Å². The highest BCUT2D eigenvalue weighted by Crippen LogP contribution is 2.67. The molecule has 0 amide bonds. The lowest BCUT2D eigenvalue weighted by Crippen LogP contribution is -2.30. The number of hydrogen-bond acceptors (Lipinski definition) is 0. The van der Waals surface area contributed by atoms with Gasteiger partial charge in [-0.05, 0) is 224 Å². The van der Waals surface area contributed by atoms with E-state index in [1.54, 1.807) is 16.7 Å². The molecule has 0 N–H and O–H groups in total. The van der Waals surface area contributed by atoms with Gasteiger partial charge in [0.2, 0.25) is 0 Å². The van der Waals surface area contributed by atoms with Gasteiger partial charge in [0.15, 0.2) is 0 Å². The largest absolute Gasteiger partial charge is 0.0882 e. The van der Waals surface area contributed by atoms with Gasteiger partial charge < -0.3 is 0 Å². The summed E-state index contributed by atoms with van der Waals surface area (Å²) in [5.74, 6) is 10.6. The molecule has 4 saturated carbocycles. The first-order valence-corrected chi connectivity index (χ1v) is 35.5. The molecule has 1 aromatic carbocycles. The first-order valence-electron chi connectivity index (χ1n) is 35.5. The van der Waals surface area contributed by atoms with Crippen molar-refractivity contribution in [3.63, 3.8) is 0 Å². The number of hydrogen-bond donors (Lipinski definition) is 0. The van der Waals surface area contributed by atoms with Crippen molar-refractivity contribution in [3.8, 4) is 0 Å². The third kappa shape index (κ3) is 11.4. The molecule has 11 aliphatic rings. The van der Waals surface area contributed by atoms with Crippen molar-refractivity contribution in [2.24, 2.45) is 131 Å². The zero-order valence-electron chi connectivity index (χ0n) is 61.3. The number of allylic oxidation sites excluding steroid dienone is 12. The first-order chi connectivity index (χ1) is 38.3. The fourth-order valence-electron chi connectivity index (χ4n) is 22.2. The SMILES string of the molecule is CC1C(C)(C)C2=C(CCCC2)C1(C)C.CC1C(C)(C)C2=CCCCC2C1(C)C.CC1C(C)(C)C2C=CC=CC2C1(C)C.CC1C(C)(C)C2C=CCCC2C1(C)C.CC1C(C)(C)C2CC=CCC2C1(C)C.CC1C(C)(C)c2ccccc2C1(C)C. The molecule has 0 radical (unpaired) electrons. The number of rotatable bonds is 0. The smallest absolute Gasteiger partial charge is 0.00667 e. The molecule has 4 fully saturated rings. The van der Waals surface area contributed by atoms with Crippen LogP contribution in [0.3, 0.4) is 0 Å². The van der Waals surface area contributed by atoms with Crippen molar-refractivity contribution in [1.82, 2.24) is 0 Å². The minimum absolute atomic E-state index is 0.320. The van der Waals surface area contributed by atoms with Gasteiger partial charge in [-0.1, -0.05) is 303 Å². The van der Waals surface area contributed by atoms with Crippen molar-refractivity contribution < 1.29 is 0 Å². The fraction of sp³-hybridized carbons (Fsp3) is 0.786. The quantitative estimate of drug-likeness (QED) is 0.227. The number of benzene rings is 1. The van der Waals surface area contributed by atoms with Crippen LogP contribution in [0.25, 0.3) is 0 Å². The third-order valence-electron chi connectivity index (χ3n) is 31.1. The van der Waals surface area contributed by atoms with Gasteiger partial charge in [-0.25, -0.2) is 0 Å². The minimum Gasteiger partial charge on any atom is -0.0882 e. The molecule has 0 nitrogen and oxygen atoms in total. The predicted molar refractivity (Wildman–Crippen MR) is 372 cm³/mol. The zero-order chi connectivity index (χ0) is 63.4. The summed E-state index contributed by atoms with van der Waals surface area (Å²) < 4.78 is 0.